The minimum absolute atomic E-state index is 0.320. The topological polar surface area (TPSA) is 46.5 Å². The van der Waals surface area contributed by atoms with Crippen LogP contribution in [0.15, 0.2) is 60.7 Å². The third kappa shape index (κ3) is 6.89. The second-order valence-corrected chi connectivity index (χ2v) is 13.4. The van der Waals surface area contributed by atoms with Crippen molar-refractivity contribution >= 4 is 23.8 Å². The summed E-state index contributed by atoms with van der Waals surface area (Å²) in [6.45, 7) is 1.83. The number of aliphatic carboxylic acids is 1. The van der Waals surface area contributed by atoms with Crippen LogP contribution in [0, 0.1) is 0 Å². The van der Waals surface area contributed by atoms with Gasteiger partial charge in [-0.25, -0.2) is 0 Å². The third-order valence-electron chi connectivity index (χ3n) is 6.87. The van der Waals surface area contributed by atoms with Crippen molar-refractivity contribution in [2.45, 2.75) is 69.9 Å². The van der Waals surface area contributed by atoms with Crippen molar-refractivity contribution < 1.29 is 14.6 Å². The van der Waals surface area contributed by atoms with Crippen LogP contribution < -0.4 is 10.6 Å². The molecule has 0 bridgehead atoms. The van der Waals surface area contributed by atoms with Gasteiger partial charge in [0.25, 0.3) is 0 Å². The van der Waals surface area contributed by atoms with Gasteiger partial charge in [0.1, 0.15) is 0 Å². The van der Waals surface area contributed by atoms with Crippen LogP contribution in [0.1, 0.15) is 64.2 Å². The molecule has 1 N–H and O–H groups in total. The Balaban J connectivity index is 1.50. The summed E-state index contributed by atoms with van der Waals surface area (Å²) in [7, 11) is -1.84. The maximum atomic E-state index is 10.5. The van der Waals surface area contributed by atoms with Crippen LogP contribution in [0.4, 0.5) is 0 Å². The summed E-state index contributed by atoms with van der Waals surface area (Å²) in [4.78, 5) is 10.5. The van der Waals surface area contributed by atoms with Crippen LogP contribution in [0.5, 0.6) is 0 Å². The van der Waals surface area contributed by atoms with Crippen molar-refractivity contribution in [3.8, 4) is 0 Å². The summed E-state index contributed by atoms with van der Waals surface area (Å²) in [6.07, 6.45) is 12.4. The molecule has 1 aliphatic heterocycles. The average Bonchev–Trinajstić information content (AvgIpc) is 2.76. The Morgan fingerprint density at radius 1 is 0.742 bits per heavy atom. The molecule has 0 amide bonds. The normalized spacial score (nSPS) is 14.8. The van der Waals surface area contributed by atoms with Gasteiger partial charge in [-0.05, 0) is 0 Å². The fourth-order valence-corrected chi connectivity index (χ4v) is 10.5. The van der Waals surface area contributed by atoms with Gasteiger partial charge in [0.15, 0.2) is 0 Å². The molecule has 1 aliphatic rings. The molecule has 0 atom stereocenters. The molecule has 1 heterocycles. The van der Waals surface area contributed by atoms with Gasteiger partial charge in [-0.2, -0.15) is 0 Å². The number of ether oxygens (including phenoxy) is 1. The molecule has 1 fully saturated rings. The SMILES string of the molecule is O=C(O)CCCCCCCCCCC[PH](c1ccccc1)(c1ccccc1)C1COC1. The van der Waals surface area contributed by atoms with Gasteiger partial charge >= 0.3 is 178 Å². The predicted octanol–water partition coefficient (Wildman–Crippen LogP) is 5.77. The first-order chi connectivity index (χ1) is 15.2. The zero-order valence-corrected chi connectivity index (χ0v) is 19.8. The molecule has 1 saturated heterocycles. The van der Waals surface area contributed by atoms with E-state index in [2.05, 4.69) is 60.7 Å². The molecular weight excluding hydrogens is 403 g/mol. The Morgan fingerprint density at radius 3 is 1.61 bits per heavy atom. The van der Waals surface area contributed by atoms with E-state index in [9.17, 15) is 4.79 Å². The van der Waals surface area contributed by atoms with Gasteiger partial charge in [-0.3, -0.25) is 4.79 Å². The summed E-state index contributed by atoms with van der Waals surface area (Å²) in [6, 6.07) is 22.5. The number of rotatable bonds is 15. The van der Waals surface area contributed by atoms with E-state index in [4.69, 9.17) is 9.84 Å². The van der Waals surface area contributed by atoms with Crippen molar-refractivity contribution in [2.24, 2.45) is 0 Å². The second-order valence-electron chi connectivity index (χ2n) is 9.01. The number of unbranched alkanes of at least 4 members (excludes halogenated alkanes) is 8. The maximum absolute atomic E-state index is 10.5. The summed E-state index contributed by atoms with van der Waals surface area (Å²) in [5.74, 6) is -0.668. The number of hydrogen-bond donors (Lipinski definition) is 1. The van der Waals surface area contributed by atoms with E-state index in [0.29, 0.717) is 12.1 Å². The Labute approximate surface area is 188 Å². The van der Waals surface area contributed by atoms with Crippen molar-refractivity contribution in [3.63, 3.8) is 0 Å². The van der Waals surface area contributed by atoms with Crippen LogP contribution in [-0.4, -0.2) is 36.1 Å². The minimum atomic E-state index is -1.84. The van der Waals surface area contributed by atoms with Crippen LogP contribution >= 0.6 is 7.26 Å². The molecule has 0 radical (unpaired) electrons. The van der Waals surface area contributed by atoms with Gasteiger partial charge in [0, 0.05) is 0 Å². The van der Waals surface area contributed by atoms with Crippen LogP contribution in [0.2, 0.25) is 0 Å². The molecule has 3 nitrogen and oxygen atoms in total. The van der Waals surface area contributed by atoms with Crippen molar-refractivity contribution in [2.75, 3.05) is 19.4 Å². The molecule has 4 heteroatoms. The molecule has 2 aromatic rings. The predicted molar refractivity (Wildman–Crippen MR) is 134 cm³/mol. The fourth-order valence-electron chi connectivity index (χ4n) is 5.04. The van der Waals surface area contributed by atoms with Gasteiger partial charge in [-0.1, -0.05) is 0 Å². The van der Waals surface area contributed by atoms with E-state index in [1.54, 1.807) is 10.6 Å². The number of benzene rings is 2. The van der Waals surface area contributed by atoms with Gasteiger partial charge in [-0.15, -0.1) is 0 Å². The molecule has 31 heavy (non-hydrogen) atoms. The first-order valence-electron chi connectivity index (χ1n) is 12.1. The zero-order chi connectivity index (χ0) is 21.8. The summed E-state index contributed by atoms with van der Waals surface area (Å²) >= 11 is 0. The van der Waals surface area contributed by atoms with Gasteiger partial charge in [0.2, 0.25) is 0 Å². The van der Waals surface area contributed by atoms with E-state index in [1.165, 1.54) is 51.1 Å². The van der Waals surface area contributed by atoms with E-state index in [-0.39, 0.29) is 0 Å². The van der Waals surface area contributed by atoms with Gasteiger partial charge < -0.3 is 5.11 Å². The summed E-state index contributed by atoms with van der Waals surface area (Å²) < 4.78 is 5.70. The van der Waals surface area contributed by atoms with Gasteiger partial charge in [0.05, 0.1) is 0 Å². The monoisotopic (exact) mass is 442 g/mol. The van der Waals surface area contributed by atoms with Crippen LogP contribution in [0.25, 0.3) is 0 Å². The second kappa shape index (κ2) is 13.0. The summed E-state index contributed by atoms with van der Waals surface area (Å²) in [5, 5.41) is 11.8. The molecule has 0 saturated carbocycles. The summed E-state index contributed by atoms with van der Waals surface area (Å²) in [5.41, 5.74) is 0.683. The molecule has 3 rings (SSSR count). The van der Waals surface area contributed by atoms with Crippen LogP contribution in [0.3, 0.4) is 0 Å². The molecule has 2 aromatic carbocycles. The average molecular weight is 443 g/mol. The van der Waals surface area contributed by atoms with Crippen molar-refractivity contribution in [3.05, 3.63) is 60.7 Å². The van der Waals surface area contributed by atoms with E-state index in [1.807, 2.05) is 0 Å². The fraction of sp³-hybridized carbons (Fsp3) is 0.519. The number of carbonyl (C=O) groups is 1. The first-order valence-corrected chi connectivity index (χ1v) is 14.4. The molecule has 0 aliphatic carbocycles. The standard InChI is InChI=1S/C27H39O3P/c28-27(29)20-14-6-4-2-1-3-5-7-15-21-31(26-22-30-23-26,24-16-10-8-11-17-24)25-18-12-9-13-19-25/h8-13,16-19,26,31H,1-7,14-15,20-23H2,(H,28,29). The van der Waals surface area contributed by atoms with E-state index in [0.717, 1.165) is 26.1 Å². The third-order valence-corrected chi connectivity index (χ3v) is 12.5. The van der Waals surface area contributed by atoms with E-state index >= 15 is 0 Å². The Hall–Kier alpha value is -1.70. The molecule has 170 valence electrons. The van der Waals surface area contributed by atoms with Crippen molar-refractivity contribution in [1.82, 2.24) is 0 Å². The molecule has 0 spiro atoms. The number of hydrogen-bond acceptors (Lipinski definition) is 2. The Kier molecular flexibility index (Phi) is 10.0. The molecule has 0 unspecified atom stereocenters. The molecule has 0 aromatic heterocycles. The Bertz CT molecular complexity index is 719. The number of carboxylic acids is 1. The Morgan fingerprint density at radius 2 is 1.19 bits per heavy atom. The number of carboxylic acid groups (broad SMARTS) is 1. The van der Waals surface area contributed by atoms with Crippen LogP contribution in [-0.2, 0) is 9.53 Å². The quantitative estimate of drug-likeness (QED) is 0.281. The zero-order valence-electron chi connectivity index (χ0n) is 18.8. The van der Waals surface area contributed by atoms with Crippen molar-refractivity contribution in [1.29, 1.82) is 0 Å². The van der Waals surface area contributed by atoms with E-state index < -0.39 is 13.2 Å². The molecular formula is C27H39O3P. The first kappa shape index (κ1) is 24.0.